The fourth-order valence-electron chi connectivity index (χ4n) is 2.11. The average Bonchev–Trinajstić information content (AvgIpc) is 2.79. The average molecular weight is 332 g/mol. The maximum absolute atomic E-state index is 3.82. The predicted octanol–water partition coefficient (Wildman–Crippen LogP) is 4.80. The van der Waals surface area contributed by atoms with Crippen molar-refractivity contribution < 1.29 is 0 Å². The van der Waals surface area contributed by atoms with Crippen molar-refractivity contribution in [1.82, 2.24) is 0 Å². The van der Waals surface area contributed by atoms with E-state index in [-0.39, 0.29) is 0 Å². The molecule has 0 radical (unpaired) electrons. The molecule has 0 spiro atoms. The molecule has 1 aromatic carbocycles. The number of hydrogen-bond acceptors (Lipinski definition) is 0. The van der Waals surface area contributed by atoms with Gasteiger partial charge in [-0.05, 0) is 41.9 Å². The molecule has 0 amide bonds. The number of benzene rings is 1. The van der Waals surface area contributed by atoms with Crippen LogP contribution in [0.4, 0.5) is 0 Å². The second kappa shape index (κ2) is 4.21. The monoisotopic (exact) mass is 330 g/mol. The number of alkyl halides is 1. The molecule has 15 heavy (non-hydrogen) atoms. The molecule has 1 aliphatic carbocycles. The lowest BCUT2D eigenvalue weighted by Crippen LogP contribution is -2.09. The summed E-state index contributed by atoms with van der Waals surface area (Å²) in [6.07, 6.45) is 2.50. The van der Waals surface area contributed by atoms with Crippen LogP contribution in [0.5, 0.6) is 0 Å². The van der Waals surface area contributed by atoms with Crippen molar-refractivity contribution in [2.45, 2.75) is 31.5 Å². The van der Waals surface area contributed by atoms with Gasteiger partial charge in [-0.3, -0.25) is 0 Å². The van der Waals surface area contributed by atoms with Crippen molar-refractivity contribution in [1.29, 1.82) is 0 Å². The minimum Gasteiger partial charge on any atom is -0.0884 e. The zero-order valence-corrected chi connectivity index (χ0v) is 12.3. The number of hydrogen-bond donors (Lipinski definition) is 0. The molecule has 2 atom stereocenters. The van der Waals surface area contributed by atoms with Crippen molar-refractivity contribution in [3.05, 3.63) is 34.3 Å². The second-order valence-electron chi connectivity index (χ2n) is 5.15. The van der Waals surface area contributed by atoms with Crippen molar-refractivity contribution in [2.75, 3.05) is 0 Å². The van der Waals surface area contributed by atoms with Gasteiger partial charge in [0.25, 0.3) is 0 Å². The Morgan fingerprint density at radius 3 is 2.33 bits per heavy atom. The highest BCUT2D eigenvalue weighted by Gasteiger charge is 2.48. The Labute approximate surface area is 109 Å². The lowest BCUT2D eigenvalue weighted by molar-refractivity contribution is 0.546. The van der Waals surface area contributed by atoms with Crippen LogP contribution in [0.3, 0.4) is 0 Å². The Bertz CT molecular complexity index is 340. The first-order valence-corrected chi connectivity index (χ1v) is 7.08. The summed E-state index contributed by atoms with van der Waals surface area (Å²) in [6, 6.07) is 8.64. The molecular formula is C13H16Br2. The van der Waals surface area contributed by atoms with E-state index in [1.54, 1.807) is 0 Å². The molecule has 0 nitrogen and oxygen atoms in total. The lowest BCUT2D eigenvalue weighted by atomic mass is 10.0. The SMILES string of the molecule is CC1(C)CC1C(Br)Cc1ccc(Br)cc1. The van der Waals surface area contributed by atoms with Crippen LogP contribution in [0.1, 0.15) is 25.8 Å². The van der Waals surface area contributed by atoms with Crippen LogP contribution in [-0.2, 0) is 6.42 Å². The van der Waals surface area contributed by atoms with E-state index in [0.717, 1.165) is 16.8 Å². The van der Waals surface area contributed by atoms with Crippen molar-refractivity contribution in [3.63, 3.8) is 0 Å². The van der Waals surface area contributed by atoms with Gasteiger partial charge in [-0.2, -0.15) is 0 Å². The van der Waals surface area contributed by atoms with Crippen LogP contribution < -0.4 is 0 Å². The largest absolute Gasteiger partial charge is 0.0884 e. The molecule has 0 saturated heterocycles. The van der Waals surface area contributed by atoms with Gasteiger partial charge in [0.15, 0.2) is 0 Å². The van der Waals surface area contributed by atoms with E-state index < -0.39 is 0 Å². The van der Waals surface area contributed by atoms with Crippen molar-refractivity contribution in [2.24, 2.45) is 11.3 Å². The van der Waals surface area contributed by atoms with Crippen LogP contribution in [0.15, 0.2) is 28.7 Å². The van der Waals surface area contributed by atoms with Gasteiger partial charge in [0.1, 0.15) is 0 Å². The van der Waals surface area contributed by atoms with Gasteiger partial charge in [0, 0.05) is 9.30 Å². The van der Waals surface area contributed by atoms with Crippen LogP contribution in [0.2, 0.25) is 0 Å². The Morgan fingerprint density at radius 2 is 1.87 bits per heavy atom. The summed E-state index contributed by atoms with van der Waals surface area (Å²) in [7, 11) is 0. The zero-order chi connectivity index (χ0) is 11.1. The van der Waals surface area contributed by atoms with Crippen molar-refractivity contribution >= 4 is 31.9 Å². The molecule has 0 aliphatic heterocycles. The minimum absolute atomic E-state index is 0.559. The molecule has 2 unspecified atom stereocenters. The number of halogens is 2. The van der Waals surface area contributed by atoms with E-state index in [2.05, 4.69) is 70.0 Å². The van der Waals surface area contributed by atoms with E-state index in [4.69, 9.17) is 0 Å². The molecule has 0 heterocycles. The van der Waals surface area contributed by atoms with E-state index in [1.807, 2.05) is 0 Å². The van der Waals surface area contributed by atoms with Gasteiger partial charge in [-0.1, -0.05) is 57.8 Å². The highest BCUT2D eigenvalue weighted by Crippen LogP contribution is 2.55. The molecule has 82 valence electrons. The summed E-state index contributed by atoms with van der Waals surface area (Å²) < 4.78 is 1.16. The van der Waals surface area contributed by atoms with Gasteiger partial charge >= 0.3 is 0 Å². The Hall–Kier alpha value is 0.180. The number of rotatable bonds is 3. The molecule has 1 saturated carbocycles. The summed E-state index contributed by atoms with van der Waals surface area (Å²) in [6.45, 7) is 4.71. The highest BCUT2D eigenvalue weighted by atomic mass is 79.9. The Balaban J connectivity index is 1.95. The topological polar surface area (TPSA) is 0 Å². The minimum atomic E-state index is 0.559. The molecule has 2 rings (SSSR count). The molecule has 2 heteroatoms. The first-order valence-electron chi connectivity index (χ1n) is 5.37. The first-order chi connectivity index (χ1) is 6.99. The van der Waals surface area contributed by atoms with Gasteiger partial charge in [-0.25, -0.2) is 0 Å². The first kappa shape index (κ1) is 11.7. The third-order valence-corrected chi connectivity index (χ3v) is 4.86. The van der Waals surface area contributed by atoms with Crippen molar-refractivity contribution in [3.8, 4) is 0 Å². The molecule has 1 aliphatic rings. The maximum atomic E-state index is 3.82. The predicted molar refractivity (Wildman–Crippen MR) is 72.4 cm³/mol. The van der Waals surface area contributed by atoms with Gasteiger partial charge < -0.3 is 0 Å². The quantitative estimate of drug-likeness (QED) is 0.698. The molecule has 1 aromatic rings. The fourth-order valence-corrected chi connectivity index (χ4v) is 3.65. The van der Waals surface area contributed by atoms with E-state index in [9.17, 15) is 0 Å². The Morgan fingerprint density at radius 1 is 1.33 bits per heavy atom. The summed E-state index contributed by atoms with van der Waals surface area (Å²) in [5.41, 5.74) is 1.98. The second-order valence-corrected chi connectivity index (χ2v) is 7.24. The van der Waals surface area contributed by atoms with Gasteiger partial charge in [0.05, 0.1) is 0 Å². The molecule has 1 fully saturated rings. The van der Waals surface area contributed by atoms with Crippen LogP contribution in [-0.4, -0.2) is 4.83 Å². The third kappa shape index (κ3) is 2.85. The molecular weight excluding hydrogens is 316 g/mol. The van der Waals surface area contributed by atoms with Gasteiger partial charge in [0.2, 0.25) is 0 Å². The highest BCUT2D eigenvalue weighted by molar-refractivity contribution is 9.10. The third-order valence-electron chi connectivity index (χ3n) is 3.37. The maximum Gasteiger partial charge on any atom is 0.0219 e. The lowest BCUT2D eigenvalue weighted by Gasteiger charge is -2.11. The van der Waals surface area contributed by atoms with Crippen LogP contribution in [0.25, 0.3) is 0 Å². The summed E-state index contributed by atoms with van der Waals surface area (Å²) in [5, 5.41) is 0. The fraction of sp³-hybridized carbons (Fsp3) is 0.538. The molecule has 0 aromatic heterocycles. The van der Waals surface area contributed by atoms with Crippen LogP contribution in [0, 0.1) is 11.3 Å². The Kier molecular flexibility index (Phi) is 3.27. The normalized spacial score (nSPS) is 24.9. The molecule has 0 bridgehead atoms. The summed E-state index contributed by atoms with van der Waals surface area (Å²) in [4.78, 5) is 0.633. The van der Waals surface area contributed by atoms with Crippen LogP contribution >= 0.6 is 31.9 Å². The summed E-state index contributed by atoms with van der Waals surface area (Å²) in [5.74, 6) is 0.848. The summed E-state index contributed by atoms with van der Waals surface area (Å²) >= 11 is 7.28. The van der Waals surface area contributed by atoms with E-state index in [1.165, 1.54) is 12.0 Å². The smallest absolute Gasteiger partial charge is 0.0219 e. The van der Waals surface area contributed by atoms with E-state index in [0.29, 0.717) is 10.2 Å². The van der Waals surface area contributed by atoms with Gasteiger partial charge in [-0.15, -0.1) is 0 Å². The standard InChI is InChI=1S/C13H16Br2/c1-13(2)8-11(13)12(15)7-9-3-5-10(14)6-4-9/h3-6,11-12H,7-8H2,1-2H3. The zero-order valence-electron chi connectivity index (χ0n) is 9.13. The molecule has 0 N–H and O–H groups in total. The van der Waals surface area contributed by atoms with E-state index >= 15 is 0 Å².